The molecule has 1 heterocycles. The van der Waals surface area contributed by atoms with Gasteiger partial charge in [-0.3, -0.25) is 4.98 Å². The van der Waals surface area contributed by atoms with Crippen LogP contribution in [0.4, 0.5) is 0 Å². The number of hydrogen-bond donors (Lipinski definition) is 0. The van der Waals surface area contributed by atoms with Crippen molar-refractivity contribution < 1.29 is 9.53 Å². The molecule has 18 heavy (non-hydrogen) atoms. The van der Waals surface area contributed by atoms with E-state index in [4.69, 9.17) is 4.74 Å². The van der Waals surface area contributed by atoms with Gasteiger partial charge in [-0.15, -0.1) is 0 Å². The summed E-state index contributed by atoms with van der Waals surface area (Å²) in [5, 5.41) is 0. The van der Waals surface area contributed by atoms with Crippen LogP contribution in [0.3, 0.4) is 0 Å². The lowest BCUT2D eigenvalue weighted by molar-refractivity contribution is 0.0378. The molecule has 2 rings (SSSR count). The van der Waals surface area contributed by atoms with Gasteiger partial charge in [-0.1, -0.05) is 18.2 Å². The van der Waals surface area contributed by atoms with E-state index >= 15 is 0 Å². The monoisotopic (exact) mass is 241 g/mol. The maximum atomic E-state index is 11.8. The Kier molecular flexibility index (Phi) is 3.72. The highest BCUT2D eigenvalue weighted by molar-refractivity contribution is 5.91. The van der Waals surface area contributed by atoms with Gasteiger partial charge >= 0.3 is 5.97 Å². The SMILES string of the molecule is CC(C)OC(=O)c1cccc(-c2cccnc2)c1. The summed E-state index contributed by atoms with van der Waals surface area (Å²) < 4.78 is 5.17. The third-order valence-electron chi connectivity index (χ3n) is 2.44. The van der Waals surface area contributed by atoms with Crippen LogP contribution < -0.4 is 0 Å². The van der Waals surface area contributed by atoms with Crippen molar-refractivity contribution >= 4 is 5.97 Å². The highest BCUT2D eigenvalue weighted by Gasteiger charge is 2.09. The molecule has 1 aromatic carbocycles. The van der Waals surface area contributed by atoms with Gasteiger partial charge in [-0.25, -0.2) is 4.79 Å². The number of esters is 1. The van der Waals surface area contributed by atoms with Crippen LogP contribution in [-0.2, 0) is 4.74 Å². The molecule has 3 nitrogen and oxygen atoms in total. The van der Waals surface area contributed by atoms with Gasteiger partial charge in [-0.05, 0) is 37.6 Å². The first-order valence-electron chi connectivity index (χ1n) is 5.88. The zero-order valence-corrected chi connectivity index (χ0v) is 10.5. The summed E-state index contributed by atoms with van der Waals surface area (Å²) in [5.74, 6) is -0.296. The third kappa shape index (κ3) is 2.94. The lowest BCUT2D eigenvalue weighted by atomic mass is 10.1. The summed E-state index contributed by atoms with van der Waals surface area (Å²) >= 11 is 0. The molecule has 1 aromatic heterocycles. The summed E-state index contributed by atoms with van der Waals surface area (Å²) in [6, 6.07) is 11.2. The molecule has 0 radical (unpaired) electrons. The number of rotatable bonds is 3. The molecule has 3 heteroatoms. The fourth-order valence-corrected chi connectivity index (χ4v) is 1.64. The molecule has 0 bridgehead atoms. The molecule has 0 N–H and O–H groups in total. The second-order valence-corrected chi connectivity index (χ2v) is 4.28. The van der Waals surface area contributed by atoms with Gasteiger partial charge in [0.2, 0.25) is 0 Å². The van der Waals surface area contributed by atoms with Gasteiger partial charge in [-0.2, -0.15) is 0 Å². The van der Waals surface area contributed by atoms with Crippen molar-refractivity contribution in [3.8, 4) is 11.1 Å². The van der Waals surface area contributed by atoms with E-state index in [1.807, 2.05) is 44.2 Å². The minimum atomic E-state index is -0.296. The first-order valence-corrected chi connectivity index (χ1v) is 5.88. The fraction of sp³-hybridized carbons (Fsp3) is 0.200. The van der Waals surface area contributed by atoms with Crippen LogP contribution in [-0.4, -0.2) is 17.1 Å². The highest BCUT2D eigenvalue weighted by atomic mass is 16.5. The van der Waals surface area contributed by atoms with Crippen LogP contribution in [0.15, 0.2) is 48.8 Å². The van der Waals surface area contributed by atoms with Crippen molar-refractivity contribution in [1.82, 2.24) is 4.98 Å². The van der Waals surface area contributed by atoms with E-state index in [2.05, 4.69) is 4.98 Å². The van der Waals surface area contributed by atoms with Crippen LogP contribution in [0.5, 0.6) is 0 Å². The molecular weight excluding hydrogens is 226 g/mol. The maximum absolute atomic E-state index is 11.8. The molecule has 0 atom stereocenters. The quantitative estimate of drug-likeness (QED) is 0.774. The van der Waals surface area contributed by atoms with E-state index in [0.717, 1.165) is 11.1 Å². The Labute approximate surface area is 106 Å². The van der Waals surface area contributed by atoms with Crippen LogP contribution in [0.1, 0.15) is 24.2 Å². The molecule has 0 fully saturated rings. The number of benzene rings is 1. The summed E-state index contributed by atoms with van der Waals surface area (Å²) in [7, 11) is 0. The average molecular weight is 241 g/mol. The summed E-state index contributed by atoms with van der Waals surface area (Å²) in [4.78, 5) is 15.9. The summed E-state index contributed by atoms with van der Waals surface area (Å²) in [5.41, 5.74) is 2.50. The minimum Gasteiger partial charge on any atom is -0.459 e. The third-order valence-corrected chi connectivity index (χ3v) is 2.44. The molecule has 0 unspecified atom stereocenters. The van der Waals surface area contributed by atoms with E-state index < -0.39 is 0 Å². The Balaban J connectivity index is 2.28. The molecule has 0 saturated carbocycles. The largest absolute Gasteiger partial charge is 0.459 e. The van der Waals surface area contributed by atoms with Crippen LogP contribution in [0.25, 0.3) is 11.1 Å². The summed E-state index contributed by atoms with van der Waals surface area (Å²) in [6.07, 6.45) is 3.38. The average Bonchev–Trinajstić information content (AvgIpc) is 2.39. The molecule has 0 aliphatic rings. The zero-order chi connectivity index (χ0) is 13.0. The Morgan fingerprint density at radius 2 is 1.94 bits per heavy atom. The topological polar surface area (TPSA) is 39.2 Å². The number of pyridine rings is 1. The molecule has 0 saturated heterocycles. The number of ether oxygens (including phenoxy) is 1. The zero-order valence-electron chi connectivity index (χ0n) is 10.5. The van der Waals surface area contributed by atoms with E-state index in [1.165, 1.54) is 0 Å². The number of carbonyl (C=O) groups is 1. The Bertz CT molecular complexity index is 535. The van der Waals surface area contributed by atoms with Crippen molar-refractivity contribution in [3.63, 3.8) is 0 Å². The van der Waals surface area contributed by atoms with Crippen molar-refractivity contribution in [3.05, 3.63) is 54.4 Å². The van der Waals surface area contributed by atoms with Crippen molar-refractivity contribution in [2.75, 3.05) is 0 Å². The van der Waals surface area contributed by atoms with Crippen LogP contribution in [0, 0.1) is 0 Å². The lowest BCUT2D eigenvalue weighted by Gasteiger charge is -2.08. The van der Waals surface area contributed by atoms with Crippen molar-refractivity contribution in [2.45, 2.75) is 20.0 Å². The number of aromatic nitrogens is 1. The van der Waals surface area contributed by atoms with Gasteiger partial charge in [0.1, 0.15) is 0 Å². The molecule has 92 valence electrons. The van der Waals surface area contributed by atoms with E-state index in [9.17, 15) is 4.79 Å². The maximum Gasteiger partial charge on any atom is 0.338 e. The molecule has 2 aromatic rings. The number of nitrogens with zero attached hydrogens (tertiary/aromatic N) is 1. The second kappa shape index (κ2) is 5.45. The standard InChI is InChI=1S/C15H15NO2/c1-11(2)18-15(17)13-6-3-5-12(9-13)14-7-4-8-16-10-14/h3-11H,1-2H3. The molecule has 0 amide bonds. The normalized spacial score (nSPS) is 10.4. The van der Waals surface area contributed by atoms with Crippen molar-refractivity contribution in [1.29, 1.82) is 0 Å². The predicted molar refractivity (Wildman–Crippen MR) is 70.2 cm³/mol. The van der Waals surface area contributed by atoms with Gasteiger partial charge in [0.25, 0.3) is 0 Å². The second-order valence-electron chi connectivity index (χ2n) is 4.28. The molecule has 0 aliphatic carbocycles. The van der Waals surface area contributed by atoms with Crippen LogP contribution >= 0.6 is 0 Å². The van der Waals surface area contributed by atoms with Gasteiger partial charge in [0.05, 0.1) is 11.7 Å². The van der Waals surface area contributed by atoms with Gasteiger partial charge in [0.15, 0.2) is 0 Å². The van der Waals surface area contributed by atoms with Crippen molar-refractivity contribution in [2.24, 2.45) is 0 Å². The van der Waals surface area contributed by atoms with E-state index in [-0.39, 0.29) is 12.1 Å². The summed E-state index contributed by atoms with van der Waals surface area (Å²) in [6.45, 7) is 3.67. The lowest BCUT2D eigenvalue weighted by Crippen LogP contribution is -2.11. The Morgan fingerprint density at radius 3 is 2.61 bits per heavy atom. The van der Waals surface area contributed by atoms with Gasteiger partial charge in [0, 0.05) is 18.0 Å². The first-order chi connectivity index (χ1) is 8.66. The molecular formula is C15H15NO2. The Hall–Kier alpha value is -2.16. The Morgan fingerprint density at radius 1 is 1.17 bits per heavy atom. The number of carbonyl (C=O) groups excluding carboxylic acids is 1. The van der Waals surface area contributed by atoms with Gasteiger partial charge < -0.3 is 4.74 Å². The predicted octanol–water partition coefficient (Wildman–Crippen LogP) is 3.31. The van der Waals surface area contributed by atoms with E-state index in [1.54, 1.807) is 18.5 Å². The smallest absolute Gasteiger partial charge is 0.338 e. The first kappa shape index (κ1) is 12.3. The highest BCUT2D eigenvalue weighted by Crippen LogP contribution is 2.19. The van der Waals surface area contributed by atoms with Crippen LogP contribution in [0.2, 0.25) is 0 Å². The van der Waals surface area contributed by atoms with E-state index in [0.29, 0.717) is 5.56 Å². The number of hydrogen-bond acceptors (Lipinski definition) is 3. The molecule has 0 spiro atoms. The minimum absolute atomic E-state index is 0.112. The fourth-order valence-electron chi connectivity index (χ4n) is 1.64. The molecule has 0 aliphatic heterocycles.